The Kier molecular flexibility index (Phi) is 4.02. The van der Waals surface area contributed by atoms with E-state index in [1.165, 1.54) is 32.1 Å². The van der Waals surface area contributed by atoms with Crippen LogP contribution < -0.4 is 0 Å². The molecule has 5 heteroatoms. The van der Waals surface area contributed by atoms with Gasteiger partial charge in [0, 0.05) is 31.2 Å². The van der Waals surface area contributed by atoms with Gasteiger partial charge in [-0.05, 0) is 44.6 Å². The molecular formula is C19H26N4O. The Balaban J connectivity index is 1.61. The van der Waals surface area contributed by atoms with Crippen molar-refractivity contribution in [3.8, 4) is 0 Å². The molecule has 1 aliphatic carbocycles. The van der Waals surface area contributed by atoms with E-state index in [0.717, 1.165) is 36.1 Å². The molecule has 2 aromatic heterocycles. The Labute approximate surface area is 143 Å². The lowest BCUT2D eigenvalue weighted by Crippen LogP contribution is -2.40. The first-order valence-electron chi connectivity index (χ1n) is 9.25. The highest BCUT2D eigenvalue weighted by Gasteiger charge is 2.35. The van der Waals surface area contributed by atoms with Gasteiger partial charge in [-0.2, -0.15) is 5.10 Å². The molecular weight excluding hydrogens is 300 g/mol. The van der Waals surface area contributed by atoms with Crippen LogP contribution in [-0.4, -0.2) is 38.2 Å². The van der Waals surface area contributed by atoms with E-state index in [2.05, 4.69) is 15.0 Å². The lowest BCUT2D eigenvalue weighted by Gasteiger charge is -2.34. The molecule has 2 aromatic rings. The molecule has 1 saturated carbocycles. The van der Waals surface area contributed by atoms with Gasteiger partial charge in [0.1, 0.15) is 0 Å². The van der Waals surface area contributed by atoms with E-state index in [-0.39, 0.29) is 5.91 Å². The average Bonchev–Trinajstić information content (AvgIpc) is 3.20. The summed E-state index contributed by atoms with van der Waals surface area (Å²) in [6.45, 7) is 2.86. The van der Waals surface area contributed by atoms with Gasteiger partial charge in [-0.1, -0.05) is 19.3 Å². The van der Waals surface area contributed by atoms with Crippen molar-refractivity contribution in [2.75, 3.05) is 6.54 Å². The van der Waals surface area contributed by atoms with Crippen LogP contribution in [0.5, 0.6) is 0 Å². The lowest BCUT2D eigenvalue weighted by molar-refractivity contribution is 0.0661. The summed E-state index contributed by atoms with van der Waals surface area (Å²) in [5.74, 6) is 0.850. The maximum absolute atomic E-state index is 13.1. The van der Waals surface area contributed by atoms with Crippen LogP contribution in [0.4, 0.5) is 0 Å². The predicted octanol–water partition coefficient (Wildman–Crippen LogP) is 3.46. The predicted molar refractivity (Wildman–Crippen MR) is 93.9 cm³/mol. The zero-order valence-corrected chi connectivity index (χ0v) is 14.7. The molecule has 0 aromatic carbocycles. The summed E-state index contributed by atoms with van der Waals surface area (Å²) in [6.07, 6.45) is 10.6. The number of likely N-dealkylation sites (tertiary alicyclic amines) is 1. The number of carbonyl (C=O) groups is 1. The van der Waals surface area contributed by atoms with Crippen LogP contribution in [0.25, 0.3) is 11.0 Å². The fourth-order valence-electron chi connectivity index (χ4n) is 4.64. The number of pyridine rings is 1. The third-order valence-electron chi connectivity index (χ3n) is 5.86. The van der Waals surface area contributed by atoms with Crippen molar-refractivity contribution < 1.29 is 4.79 Å². The van der Waals surface area contributed by atoms with Crippen LogP contribution in [0, 0.1) is 12.8 Å². The summed E-state index contributed by atoms with van der Waals surface area (Å²) in [6, 6.07) is 2.41. The van der Waals surface area contributed by atoms with Crippen molar-refractivity contribution in [2.24, 2.45) is 13.0 Å². The summed E-state index contributed by atoms with van der Waals surface area (Å²) in [7, 11) is 1.89. The number of aromatic nitrogens is 3. The van der Waals surface area contributed by atoms with Gasteiger partial charge in [-0.3, -0.25) is 9.48 Å². The Morgan fingerprint density at radius 2 is 1.96 bits per heavy atom. The molecule has 0 unspecified atom stereocenters. The second-order valence-electron chi connectivity index (χ2n) is 7.41. The lowest BCUT2D eigenvalue weighted by atomic mass is 9.83. The minimum absolute atomic E-state index is 0.153. The van der Waals surface area contributed by atoms with Gasteiger partial charge in [0.15, 0.2) is 5.65 Å². The summed E-state index contributed by atoms with van der Waals surface area (Å²) >= 11 is 0. The largest absolute Gasteiger partial charge is 0.335 e. The van der Waals surface area contributed by atoms with E-state index in [1.54, 1.807) is 10.9 Å². The van der Waals surface area contributed by atoms with Gasteiger partial charge in [0.25, 0.3) is 5.91 Å². The molecule has 1 aliphatic heterocycles. The van der Waals surface area contributed by atoms with E-state index in [1.807, 2.05) is 20.0 Å². The molecule has 2 aliphatic rings. The number of hydrogen-bond donors (Lipinski definition) is 0. The first-order valence-corrected chi connectivity index (χ1v) is 9.25. The second kappa shape index (κ2) is 6.19. The molecule has 5 nitrogen and oxygen atoms in total. The van der Waals surface area contributed by atoms with Gasteiger partial charge in [0.05, 0.1) is 11.3 Å². The van der Waals surface area contributed by atoms with Crippen LogP contribution >= 0.6 is 0 Å². The van der Waals surface area contributed by atoms with E-state index in [9.17, 15) is 4.79 Å². The van der Waals surface area contributed by atoms with Gasteiger partial charge in [0.2, 0.25) is 0 Å². The molecule has 2 fully saturated rings. The Morgan fingerprint density at radius 1 is 1.17 bits per heavy atom. The number of rotatable bonds is 2. The topological polar surface area (TPSA) is 51.0 Å². The standard InChI is InChI=1S/C19H26N4O/c1-13-16-11-15(12-20-18(16)22(2)21-13)19(24)23-10-6-9-17(23)14-7-4-3-5-8-14/h11-12,14,17H,3-10H2,1-2H3/t17-/m0/s1. The molecule has 128 valence electrons. The highest BCUT2D eigenvalue weighted by atomic mass is 16.2. The third kappa shape index (κ3) is 2.60. The number of nitrogens with zero attached hydrogens (tertiary/aromatic N) is 4. The van der Waals surface area contributed by atoms with Crippen molar-refractivity contribution >= 4 is 16.9 Å². The first-order chi connectivity index (χ1) is 11.6. The van der Waals surface area contributed by atoms with E-state index in [4.69, 9.17) is 0 Å². The van der Waals surface area contributed by atoms with E-state index < -0.39 is 0 Å². The van der Waals surface area contributed by atoms with E-state index >= 15 is 0 Å². The average molecular weight is 326 g/mol. The number of hydrogen-bond acceptors (Lipinski definition) is 3. The monoisotopic (exact) mass is 326 g/mol. The fourth-order valence-corrected chi connectivity index (χ4v) is 4.64. The number of aryl methyl sites for hydroxylation is 2. The van der Waals surface area contributed by atoms with Crippen molar-refractivity contribution in [3.05, 3.63) is 23.5 Å². The maximum Gasteiger partial charge on any atom is 0.255 e. The van der Waals surface area contributed by atoms with Gasteiger partial charge in [-0.25, -0.2) is 4.98 Å². The number of carbonyl (C=O) groups excluding carboxylic acids is 1. The molecule has 1 amide bonds. The number of amides is 1. The van der Waals surface area contributed by atoms with Crippen molar-refractivity contribution in [1.82, 2.24) is 19.7 Å². The van der Waals surface area contributed by atoms with Crippen molar-refractivity contribution in [1.29, 1.82) is 0 Å². The SMILES string of the molecule is Cc1nn(C)c2ncc(C(=O)N3CCC[C@H]3C3CCCCC3)cc12. The first kappa shape index (κ1) is 15.6. The van der Waals surface area contributed by atoms with Crippen LogP contribution in [0.15, 0.2) is 12.3 Å². The molecule has 0 bridgehead atoms. The Bertz CT molecular complexity index is 760. The van der Waals surface area contributed by atoms with Crippen LogP contribution in [0.1, 0.15) is 61.0 Å². The van der Waals surface area contributed by atoms with Gasteiger partial charge >= 0.3 is 0 Å². The van der Waals surface area contributed by atoms with Crippen LogP contribution in [0.2, 0.25) is 0 Å². The molecule has 0 spiro atoms. The van der Waals surface area contributed by atoms with Crippen LogP contribution in [0.3, 0.4) is 0 Å². The van der Waals surface area contributed by atoms with Crippen molar-refractivity contribution in [2.45, 2.75) is 57.9 Å². The highest BCUT2D eigenvalue weighted by molar-refractivity contribution is 5.97. The maximum atomic E-state index is 13.1. The third-order valence-corrected chi connectivity index (χ3v) is 5.86. The smallest absolute Gasteiger partial charge is 0.255 e. The van der Waals surface area contributed by atoms with E-state index in [0.29, 0.717) is 17.5 Å². The summed E-state index contributed by atoms with van der Waals surface area (Å²) in [4.78, 5) is 19.7. The Hall–Kier alpha value is -1.91. The van der Waals surface area contributed by atoms with Gasteiger partial charge in [-0.15, -0.1) is 0 Å². The summed E-state index contributed by atoms with van der Waals surface area (Å²) < 4.78 is 1.78. The van der Waals surface area contributed by atoms with Crippen LogP contribution in [-0.2, 0) is 7.05 Å². The molecule has 24 heavy (non-hydrogen) atoms. The Morgan fingerprint density at radius 3 is 2.75 bits per heavy atom. The molecule has 0 radical (unpaired) electrons. The second-order valence-corrected chi connectivity index (χ2v) is 7.41. The molecule has 3 heterocycles. The van der Waals surface area contributed by atoms with Gasteiger partial charge < -0.3 is 4.90 Å². The fraction of sp³-hybridized carbons (Fsp3) is 0.632. The zero-order valence-electron chi connectivity index (χ0n) is 14.7. The summed E-state index contributed by atoms with van der Waals surface area (Å²) in [5, 5.41) is 5.39. The van der Waals surface area contributed by atoms with Crippen molar-refractivity contribution in [3.63, 3.8) is 0 Å². The zero-order chi connectivity index (χ0) is 16.7. The minimum Gasteiger partial charge on any atom is -0.335 e. The minimum atomic E-state index is 0.153. The highest BCUT2D eigenvalue weighted by Crippen LogP contribution is 2.35. The quantitative estimate of drug-likeness (QED) is 0.849. The molecule has 1 saturated heterocycles. The summed E-state index contributed by atoms with van der Waals surface area (Å²) in [5.41, 5.74) is 2.48. The molecule has 0 N–H and O–H groups in total. The molecule has 4 rings (SSSR count). The normalized spacial score (nSPS) is 22.4. The number of fused-ring (bicyclic) bond motifs is 1. The molecule has 1 atom stereocenters.